The summed E-state index contributed by atoms with van der Waals surface area (Å²) >= 11 is 0. The van der Waals surface area contributed by atoms with Gasteiger partial charge in [0.15, 0.2) is 0 Å². The number of H-pyrrole nitrogens is 2. The van der Waals surface area contributed by atoms with Crippen LogP contribution in [0, 0.1) is 0 Å². The minimum absolute atomic E-state index is 0.881. The lowest BCUT2D eigenvalue weighted by atomic mass is 10.0. The summed E-state index contributed by atoms with van der Waals surface area (Å²) in [7, 11) is 0. The lowest BCUT2D eigenvalue weighted by Gasteiger charge is -2.07. The second-order valence-corrected chi connectivity index (χ2v) is 12.9. The Labute approximate surface area is 302 Å². The molecule has 0 aliphatic carbocycles. The molecule has 4 aromatic carbocycles. The van der Waals surface area contributed by atoms with Crippen LogP contribution in [0.5, 0.6) is 0 Å². The molecule has 2 N–H and O–H groups in total. The first-order chi connectivity index (χ1) is 25.7. The molecule has 5 heterocycles. The summed E-state index contributed by atoms with van der Waals surface area (Å²) in [5.74, 6) is 0. The Bertz CT molecular complexity index is 2530. The fourth-order valence-corrected chi connectivity index (χ4v) is 7.20. The Morgan fingerprint density at radius 1 is 0.346 bits per heavy atom. The van der Waals surface area contributed by atoms with Crippen LogP contribution in [-0.4, -0.2) is 19.9 Å². The number of nitrogens with zero attached hydrogens (tertiary/aromatic N) is 2. The molecular weight excluding hydrogens is 633 g/mol. The maximum atomic E-state index is 5.38. The van der Waals surface area contributed by atoms with E-state index in [1.165, 1.54) is 0 Å². The summed E-state index contributed by atoms with van der Waals surface area (Å²) in [6, 6.07) is 46.5. The number of fused-ring (bicyclic) bond motifs is 8. The Morgan fingerprint density at radius 2 is 0.635 bits per heavy atom. The second-order valence-electron chi connectivity index (χ2n) is 12.9. The largest absolute Gasteiger partial charge is 0.354 e. The van der Waals surface area contributed by atoms with Gasteiger partial charge in [-0.3, -0.25) is 0 Å². The van der Waals surface area contributed by atoms with Crippen LogP contribution in [0.3, 0.4) is 0 Å². The maximum absolute atomic E-state index is 5.38. The van der Waals surface area contributed by atoms with Crippen molar-refractivity contribution in [2.45, 2.75) is 0 Å². The predicted molar refractivity (Wildman–Crippen MR) is 221 cm³/mol. The number of nitrogens with one attached hydrogen (secondary N) is 2. The third kappa shape index (κ3) is 5.53. The Hall–Kier alpha value is -7.04. The van der Waals surface area contributed by atoms with Gasteiger partial charge in [0.1, 0.15) is 0 Å². The molecule has 2 aliphatic rings. The van der Waals surface area contributed by atoms with Crippen molar-refractivity contribution < 1.29 is 0 Å². The summed E-state index contributed by atoms with van der Waals surface area (Å²) in [6.07, 6.45) is 12.2. The van der Waals surface area contributed by atoms with Gasteiger partial charge in [0.25, 0.3) is 0 Å². The molecule has 0 saturated carbocycles. The molecule has 0 radical (unpaired) electrons. The summed E-state index contributed by atoms with van der Waals surface area (Å²) < 4.78 is 0. The Balaban J connectivity index is 1.46. The van der Waals surface area contributed by atoms with E-state index in [0.29, 0.717) is 0 Å². The van der Waals surface area contributed by atoms with E-state index in [2.05, 4.69) is 169 Å². The van der Waals surface area contributed by atoms with Crippen molar-refractivity contribution in [3.8, 4) is 44.5 Å². The van der Waals surface area contributed by atoms with Gasteiger partial charge < -0.3 is 9.97 Å². The van der Waals surface area contributed by atoms with Gasteiger partial charge in [-0.15, -0.1) is 0 Å². The zero-order valence-corrected chi connectivity index (χ0v) is 28.5. The molecule has 0 saturated heterocycles. The van der Waals surface area contributed by atoms with Gasteiger partial charge in [-0.1, -0.05) is 135 Å². The smallest absolute Gasteiger partial charge is 0.0737 e. The first-order valence-corrected chi connectivity index (χ1v) is 17.4. The lowest BCUT2D eigenvalue weighted by Crippen LogP contribution is -1.90. The first-order valence-electron chi connectivity index (χ1n) is 17.4. The highest BCUT2D eigenvalue weighted by atomic mass is 14.8. The van der Waals surface area contributed by atoms with Crippen molar-refractivity contribution in [2.75, 3.05) is 0 Å². The molecule has 4 heteroatoms. The first kappa shape index (κ1) is 31.0. The highest BCUT2D eigenvalue weighted by molar-refractivity contribution is 5.99. The van der Waals surface area contributed by atoms with Crippen molar-refractivity contribution in [1.29, 1.82) is 0 Å². The summed E-state index contributed by atoms with van der Waals surface area (Å²) in [5, 5.41) is 0. The van der Waals surface area contributed by atoms with E-state index in [1.54, 1.807) is 0 Å². The fourth-order valence-electron chi connectivity index (χ4n) is 7.20. The van der Waals surface area contributed by atoms with Crippen LogP contribution < -0.4 is 0 Å². The van der Waals surface area contributed by atoms with Crippen LogP contribution >= 0.6 is 0 Å². The number of rotatable bonds is 6. The van der Waals surface area contributed by atoms with Crippen LogP contribution in [0.15, 0.2) is 147 Å². The van der Waals surface area contributed by atoms with Gasteiger partial charge in [0, 0.05) is 44.3 Å². The quantitative estimate of drug-likeness (QED) is 0.186. The van der Waals surface area contributed by atoms with Gasteiger partial charge in [0.05, 0.1) is 22.8 Å². The van der Waals surface area contributed by atoms with Crippen LogP contribution in [0.25, 0.3) is 103 Å². The van der Waals surface area contributed by atoms with Crippen molar-refractivity contribution >= 4 is 58.5 Å². The number of aromatic nitrogens is 4. The lowest BCUT2D eigenvalue weighted by molar-refractivity contribution is 1.31. The monoisotopic (exact) mass is 666 g/mol. The zero-order chi connectivity index (χ0) is 35.0. The van der Waals surface area contributed by atoms with Crippen molar-refractivity contribution in [3.05, 3.63) is 181 Å². The van der Waals surface area contributed by atoms with Crippen LogP contribution in [0.4, 0.5) is 0 Å². The fraction of sp³-hybridized carbons (Fsp3) is 0. The third-order valence-electron chi connectivity index (χ3n) is 9.75. The normalized spacial score (nSPS) is 11.8. The van der Waals surface area contributed by atoms with Crippen molar-refractivity contribution in [2.24, 2.45) is 0 Å². The van der Waals surface area contributed by atoms with Gasteiger partial charge in [0.2, 0.25) is 0 Å². The van der Waals surface area contributed by atoms with E-state index in [4.69, 9.17) is 9.97 Å². The minimum Gasteiger partial charge on any atom is -0.354 e. The van der Waals surface area contributed by atoms with Gasteiger partial charge in [-0.2, -0.15) is 0 Å². The molecule has 3 aromatic heterocycles. The third-order valence-corrected chi connectivity index (χ3v) is 9.75. The Morgan fingerprint density at radius 3 is 0.923 bits per heavy atom. The molecule has 2 aliphatic heterocycles. The minimum atomic E-state index is 0.881. The van der Waals surface area contributed by atoms with Crippen molar-refractivity contribution in [3.63, 3.8) is 0 Å². The van der Waals surface area contributed by atoms with E-state index in [-0.39, 0.29) is 0 Å². The Kier molecular flexibility index (Phi) is 7.75. The zero-order valence-electron chi connectivity index (χ0n) is 28.5. The molecule has 4 nitrogen and oxygen atoms in total. The predicted octanol–water partition coefficient (Wildman–Crippen LogP) is 12.6. The number of hydrogen-bond donors (Lipinski definition) is 2. The second kappa shape index (κ2) is 13.0. The van der Waals surface area contributed by atoms with Gasteiger partial charge in [-0.05, 0) is 82.0 Å². The molecular formula is C48H34N4. The number of aromatic amines is 2. The van der Waals surface area contributed by atoms with E-state index in [1.807, 2.05) is 24.3 Å². The van der Waals surface area contributed by atoms with Gasteiger partial charge >= 0.3 is 0 Å². The standard InChI is InChI=1S/C48H34N4/c1-3-31-15-19-35(20-16-31)47-41-27-23-37(49-41)45(33-11-7-5-8-12-33)39-25-29-43(51-39)48(36-21-17-32(4-2)18-22-36)44-30-26-40(52-44)46(34-13-9-6-10-14-34)38-24-28-42(47)50-38/h3-30,49,52H,1-2H2. The molecule has 0 spiro atoms. The maximum Gasteiger partial charge on any atom is 0.0737 e. The molecule has 0 unspecified atom stereocenters. The van der Waals surface area contributed by atoms with Gasteiger partial charge in [-0.25, -0.2) is 9.97 Å². The average molecular weight is 667 g/mol. The molecule has 8 bridgehead atoms. The molecule has 246 valence electrons. The molecule has 52 heavy (non-hydrogen) atoms. The number of benzene rings is 4. The highest BCUT2D eigenvalue weighted by Crippen LogP contribution is 2.38. The van der Waals surface area contributed by atoms with Crippen LogP contribution in [0.2, 0.25) is 0 Å². The average Bonchev–Trinajstić information content (AvgIpc) is 4.04. The van der Waals surface area contributed by atoms with Crippen LogP contribution in [-0.2, 0) is 0 Å². The van der Waals surface area contributed by atoms with E-state index in [9.17, 15) is 0 Å². The summed E-state index contributed by atoms with van der Waals surface area (Å²) in [6.45, 7) is 7.94. The summed E-state index contributed by atoms with van der Waals surface area (Å²) in [4.78, 5) is 18.4. The number of hydrogen-bond acceptors (Lipinski definition) is 2. The molecule has 9 rings (SSSR count). The van der Waals surface area contributed by atoms with E-state index in [0.717, 1.165) is 100 Å². The summed E-state index contributed by atoms with van der Waals surface area (Å²) in [5.41, 5.74) is 17.9. The van der Waals surface area contributed by atoms with E-state index < -0.39 is 0 Å². The topological polar surface area (TPSA) is 57.4 Å². The highest BCUT2D eigenvalue weighted by Gasteiger charge is 2.18. The molecule has 0 atom stereocenters. The van der Waals surface area contributed by atoms with Crippen molar-refractivity contribution in [1.82, 2.24) is 19.9 Å². The SMILES string of the molecule is C=Cc1ccc(-c2c3nc(c(-c4ccccc4)c4ccc([nH]4)c(-c4ccc(C=C)cc4)c4nc(c(-c5ccccc5)c5ccc2[nH]5)C=C4)C=C3)cc1. The van der Waals surface area contributed by atoms with Crippen LogP contribution in [0.1, 0.15) is 33.9 Å². The molecule has 7 aromatic rings. The molecule has 0 amide bonds. The van der Waals surface area contributed by atoms with E-state index >= 15 is 0 Å². The molecule has 0 fully saturated rings.